The molecule has 0 bridgehead atoms. The minimum absolute atomic E-state index is 0.0759. The van der Waals surface area contributed by atoms with Gasteiger partial charge in [0.05, 0.1) is 20.8 Å². The second kappa shape index (κ2) is 8.33. The van der Waals surface area contributed by atoms with E-state index in [-0.39, 0.29) is 23.3 Å². The number of methoxy groups -OCH3 is 2. The number of aromatic nitrogens is 1. The maximum absolute atomic E-state index is 13.2. The number of nitrogens with zero attached hydrogens (tertiary/aromatic N) is 2. The molecule has 9 heteroatoms. The van der Waals surface area contributed by atoms with Crippen molar-refractivity contribution < 1.29 is 22.6 Å². The highest BCUT2D eigenvalue weighted by atomic mass is 35.5. The van der Waals surface area contributed by atoms with E-state index in [2.05, 4.69) is 4.98 Å². The van der Waals surface area contributed by atoms with Gasteiger partial charge in [0, 0.05) is 31.1 Å². The van der Waals surface area contributed by atoms with Crippen LogP contribution in [-0.4, -0.2) is 51.1 Å². The van der Waals surface area contributed by atoms with Gasteiger partial charge in [-0.2, -0.15) is 4.31 Å². The molecule has 0 saturated carbocycles. The molecule has 1 aliphatic rings. The van der Waals surface area contributed by atoms with Crippen molar-refractivity contribution in [1.82, 2.24) is 9.29 Å². The fourth-order valence-electron chi connectivity index (χ4n) is 2.98. The van der Waals surface area contributed by atoms with Crippen molar-refractivity contribution in [3.63, 3.8) is 0 Å². The number of hydrogen-bond acceptors (Lipinski definition) is 6. The fraction of sp³-hybridized carbons (Fsp3) is 0.389. The lowest BCUT2D eigenvalue weighted by Gasteiger charge is -2.32. The van der Waals surface area contributed by atoms with Crippen LogP contribution in [0.5, 0.6) is 17.2 Å². The smallest absolute Gasteiger partial charge is 0.247 e. The Labute approximate surface area is 163 Å². The van der Waals surface area contributed by atoms with Gasteiger partial charge in [-0.15, -0.1) is 0 Å². The van der Waals surface area contributed by atoms with Crippen molar-refractivity contribution >= 4 is 21.6 Å². The molecule has 27 heavy (non-hydrogen) atoms. The van der Waals surface area contributed by atoms with Crippen LogP contribution in [0.3, 0.4) is 0 Å². The van der Waals surface area contributed by atoms with E-state index in [9.17, 15) is 8.42 Å². The summed E-state index contributed by atoms with van der Waals surface area (Å²) in [4.78, 5) is 4.00. The SMILES string of the molecule is COc1ccc(OC)c(S(=O)(=O)N2CCCC(Oc3ccncc3Cl)C2)c1. The summed E-state index contributed by atoms with van der Waals surface area (Å²) < 4.78 is 44.1. The Morgan fingerprint density at radius 2 is 2.00 bits per heavy atom. The van der Waals surface area contributed by atoms with Crippen LogP contribution in [0, 0.1) is 0 Å². The molecule has 2 aromatic rings. The largest absolute Gasteiger partial charge is 0.497 e. The Balaban J connectivity index is 1.84. The summed E-state index contributed by atoms with van der Waals surface area (Å²) in [5.74, 6) is 1.22. The van der Waals surface area contributed by atoms with Gasteiger partial charge in [-0.3, -0.25) is 4.98 Å². The summed E-state index contributed by atoms with van der Waals surface area (Å²) in [6.45, 7) is 0.633. The Kier molecular flexibility index (Phi) is 6.08. The highest BCUT2D eigenvalue weighted by molar-refractivity contribution is 7.89. The van der Waals surface area contributed by atoms with E-state index in [0.717, 1.165) is 6.42 Å². The highest BCUT2D eigenvalue weighted by Crippen LogP contribution is 2.33. The number of rotatable bonds is 6. The Hall–Kier alpha value is -2.03. The third kappa shape index (κ3) is 4.28. The first-order valence-electron chi connectivity index (χ1n) is 8.44. The molecule has 1 unspecified atom stereocenters. The quantitative estimate of drug-likeness (QED) is 0.725. The number of benzene rings is 1. The van der Waals surface area contributed by atoms with E-state index in [0.29, 0.717) is 29.5 Å². The summed E-state index contributed by atoms with van der Waals surface area (Å²) in [5, 5.41) is 0.395. The van der Waals surface area contributed by atoms with Crippen molar-refractivity contribution in [2.24, 2.45) is 0 Å². The van der Waals surface area contributed by atoms with E-state index in [4.69, 9.17) is 25.8 Å². The van der Waals surface area contributed by atoms with Crippen molar-refractivity contribution in [3.05, 3.63) is 41.7 Å². The van der Waals surface area contributed by atoms with Gasteiger partial charge in [0.25, 0.3) is 0 Å². The lowest BCUT2D eigenvalue weighted by atomic mass is 10.1. The summed E-state index contributed by atoms with van der Waals surface area (Å²) in [6.07, 6.45) is 4.19. The first kappa shape index (κ1) is 19.7. The topological polar surface area (TPSA) is 78.0 Å². The summed E-state index contributed by atoms with van der Waals surface area (Å²) in [7, 11) is -0.843. The molecule has 1 aromatic heterocycles. The molecule has 1 saturated heterocycles. The first-order chi connectivity index (χ1) is 13.0. The van der Waals surface area contributed by atoms with Crippen molar-refractivity contribution in [2.45, 2.75) is 23.8 Å². The van der Waals surface area contributed by atoms with Gasteiger partial charge < -0.3 is 14.2 Å². The molecule has 0 radical (unpaired) electrons. The lowest BCUT2D eigenvalue weighted by molar-refractivity contribution is 0.129. The minimum atomic E-state index is -3.77. The molecule has 1 aromatic carbocycles. The number of halogens is 1. The van der Waals surface area contributed by atoms with Gasteiger partial charge in [-0.05, 0) is 25.0 Å². The predicted molar refractivity (Wildman–Crippen MR) is 101 cm³/mol. The van der Waals surface area contributed by atoms with Crippen LogP contribution in [0.25, 0.3) is 0 Å². The maximum Gasteiger partial charge on any atom is 0.247 e. The molecule has 1 fully saturated rings. The average Bonchev–Trinajstić information content (AvgIpc) is 2.69. The standard InChI is InChI=1S/C18H21ClN2O5S/c1-24-13-5-6-17(25-2)18(10-13)27(22,23)21-9-3-4-14(12-21)26-16-7-8-20-11-15(16)19/h5-8,10-11,14H,3-4,9,12H2,1-2H3. The fourth-order valence-corrected chi connectivity index (χ4v) is 4.83. The minimum Gasteiger partial charge on any atom is -0.497 e. The molecule has 0 amide bonds. The predicted octanol–water partition coefficient (Wildman–Crippen LogP) is 2.98. The monoisotopic (exact) mass is 412 g/mol. The molecular formula is C18H21ClN2O5S. The van der Waals surface area contributed by atoms with Crippen molar-refractivity contribution in [3.8, 4) is 17.2 Å². The van der Waals surface area contributed by atoms with Crippen LogP contribution in [0.1, 0.15) is 12.8 Å². The number of sulfonamides is 1. The van der Waals surface area contributed by atoms with Crippen LogP contribution >= 0.6 is 11.6 Å². The first-order valence-corrected chi connectivity index (χ1v) is 10.3. The summed E-state index contributed by atoms with van der Waals surface area (Å²) in [5.41, 5.74) is 0. The van der Waals surface area contributed by atoms with E-state index in [1.807, 2.05) is 0 Å². The zero-order valence-electron chi connectivity index (χ0n) is 15.1. The molecule has 3 rings (SSSR count). The molecule has 1 aliphatic heterocycles. The third-order valence-electron chi connectivity index (χ3n) is 4.36. The summed E-state index contributed by atoms with van der Waals surface area (Å²) >= 11 is 6.09. The van der Waals surface area contributed by atoms with Crippen LogP contribution in [-0.2, 0) is 10.0 Å². The van der Waals surface area contributed by atoms with Gasteiger partial charge in [-0.25, -0.2) is 8.42 Å². The van der Waals surface area contributed by atoms with Crippen molar-refractivity contribution in [2.75, 3.05) is 27.3 Å². The average molecular weight is 413 g/mol. The zero-order chi connectivity index (χ0) is 19.4. The second-order valence-electron chi connectivity index (χ2n) is 6.07. The molecule has 0 N–H and O–H groups in total. The van der Waals surface area contributed by atoms with Gasteiger partial charge in [0.1, 0.15) is 33.3 Å². The van der Waals surface area contributed by atoms with Crippen LogP contribution in [0.15, 0.2) is 41.6 Å². The normalized spacial score (nSPS) is 18.1. The molecule has 0 spiro atoms. The van der Waals surface area contributed by atoms with Gasteiger partial charge >= 0.3 is 0 Å². The van der Waals surface area contributed by atoms with Gasteiger partial charge in [0.15, 0.2) is 0 Å². The van der Waals surface area contributed by atoms with Gasteiger partial charge in [0.2, 0.25) is 10.0 Å². The molecular weight excluding hydrogens is 392 g/mol. The number of pyridine rings is 1. The van der Waals surface area contributed by atoms with Crippen molar-refractivity contribution in [1.29, 1.82) is 0 Å². The molecule has 0 aliphatic carbocycles. The summed E-state index contributed by atoms with van der Waals surface area (Å²) in [6, 6.07) is 6.38. The van der Waals surface area contributed by atoms with Crippen LogP contribution in [0.4, 0.5) is 0 Å². The van der Waals surface area contributed by atoms with E-state index in [1.165, 1.54) is 30.8 Å². The van der Waals surface area contributed by atoms with Gasteiger partial charge in [-0.1, -0.05) is 11.6 Å². The Bertz CT molecular complexity index is 906. The number of hydrogen-bond donors (Lipinski definition) is 0. The van der Waals surface area contributed by atoms with E-state index in [1.54, 1.807) is 24.4 Å². The number of piperidine rings is 1. The third-order valence-corrected chi connectivity index (χ3v) is 6.53. The second-order valence-corrected chi connectivity index (χ2v) is 8.38. The van der Waals surface area contributed by atoms with Crippen LogP contribution in [0.2, 0.25) is 5.02 Å². The lowest BCUT2D eigenvalue weighted by Crippen LogP contribution is -2.44. The molecule has 146 valence electrons. The maximum atomic E-state index is 13.2. The Morgan fingerprint density at radius 1 is 1.19 bits per heavy atom. The Morgan fingerprint density at radius 3 is 2.70 bits per heavy atom. The molecule has 7 nitrogen and oxygen atoms in total. The van der Waals surface area contributed by atoms with Crippen LogP contribution < -0.4 is 14.2 Å². The van der Waals surface area contributed by atoms with E-state index >= 15 is 0 Å². The number of ether oxygens (including phenoxy) is 3. The van der Waals surface area contributed by atoms with E-state index < -0.39 is 10.0 Å². The highest BCUT2D eigenvalue weighted by Gasteiger charge is 2.33. The molecule has 2 heterocycles. The molecule has 1 atom stereocenters. The zero-order valence-corrected chi connectivity index (χ0v) is 16.7.